The SMILES string of the molecule is COCCCN(C)CCCCC(N)=S. The van der Waals surface area contributed by atoms with Crippen molar-refractivity contribution in [3.05, 3.63) is 0 Å². The van der Waals surface area contributed by atoms with Crippen LogP contribution in [0.5, 0.6) is 0 Å². The minimum atomic E-state index is 0.632. The van der Waals surface area contributed by atoms with Crippen molar-refractivity contribution in [2.24, 2.45) is 5.73 Å². The second kappa shape index (κ2) is 9.37. The minimum absolute atomic E-state index is 0.632. The first kappa shape index (κ1) is 13.8. The van der Waals surface area contributed by atoms with Gasteiger partial charge in [0.05, 0.1) is 4.99 Å². The van der Waals surface area contributed by atoms with Crippen LogP contribution in [0.15, 0.2) is 0 Å². The molecule has 0 fully saturated rings. The molecule has 0 unspecified atom stereocenters. The maximum absolute atomic E-state index is 5.41. The third-order valence-corrected chi connectivity index (χ3v) is 2.31. The molecule has 0 radical (unpaired) electrons. The van der Waals surface area contributed by atoms with E-state index in [4.69, 9.17) is 22.7 Å². The molecule has 0 spiro atoms. The lowest BCUT2D eigenvalue weighted by atomic mass is 10.2. The third-order valence-electron chi connectivity index (χ3n) is 2.10. The first-order chi connectivity index (χ1) is 6.66. The molecule has 0 aliphatic rings. The lowest BCUT2D eigenvalue weighted by Crippen LogP contribution is -2.22. The summed E-state index contributed by atoms with van der Waals surface area (Å²) in [7, 11) is 3.87. The van der Waals surface area contributed by atoms with Crippen LogP contribution in [0.4, 0.5) is 0 Å². The Morgan fingerprint density at radius 1 is 1.29 bits per heavy atom. The average Bonchev–Trinajstić information content (AvgIpc) is 2.13. The molecule has 0 bridgehead atoms. The second-order valence-electron chi connectivity index (χ2n) is 3.57. The fourth-order valence-electron chi connectivity index (χ4n) is 1.27. The highest BCUT2D eigenvalue weighted by molar-refractivity contribution is 7.80. The lowest BCUT2D eigenvalue weighted by Gasteiger charge is -2.15. The van der Waals surface area contributed by atoms with Gasteiger partial charge in [-0.25, -0.2) is 0 Å². The van der Waals surface area contributed by atoms with Crippen molar-refractivity contribution in [1.82, 2.24) is 4.90 Å². The van der Waals surface area contributed by atoms with Crippen molar-refractivity contribution in [3.8, 4) is 0 Å². The lowest BCUT2D eigenvalue weighted by molar-refractivity contribution is 0.179. The van der Waals surface area contributed by atoms with Gasteiger partial charge in [-0.05, 0) is 39.3 Å². The number of hydrogen-bond donors (Lipinski definition) is 1. The molecule has 0 saturated heterocycles. The molecular formula is C10H22N2OS. The van der Waals surface area contributed by atoms with Gasteiger partial charge in [-0.15, -0.1) is 0 Å². The Hall–Kier alpha value is -0.190. The second-order valence-corrected chi connectivity index (χ2v) is 4.10. The van der Waals surface area contributed by atoms with Gasteiger partial charge in [-0.1, -0.05) is 12.2 Å². The number of nitrogens with two attached hydrogens (primary N) is 1. The van der Waals surface area contributed by atoms with Crippen LogP contribution in [-0.4, -0.2) is 43.7 Å². The van der Waals surface area contributed by atoms with E-state index in [1.165, 1.54) is 6.42 Å². The largest absolute Gasteiger partial charge is 0.393 e. The topological polar surface area (TPSA) is 38.5 Å². The van der Waals surface area contributed by atoms with Gasteiger partial charge in [-0.3, -0.25) is 0 Å². The van der Waals surface area contributed by atoms with Gasteiger partial charge < -0.3 is 15.4 Å². The molecule has 0 aliphatic heterocycles. The molecular weight excluding hydrogens is 196 g/mol. The van der Waals surface area contributed by atoms with E-state index in [1.807, 2.05) is 0 Å². The van der Waals surface area contributed by atoms with E-state index in [2.05, 4.69) is 11.9 Å². The van der Waals surface area contributed by atoms with E-state index in [1.54, 1.807) is 7.11 Å². The molecule has 0 amide bonds. The first-order valence-corrected chi connectivity index (χ1v) is 5.53. The van der Waals surface area contributed by atoms with Gasteiger partial charge >= 0.3 is 0 Å². The molecule has 4 heteroatoms. The van der Waals surface area contributed by atoms with Gasteiger partial charge in [0.15, 0.2) is 0 Å². The molecule has 0 aliphatic carbocycles. The summed E-state index contributed by atoms with van der Waals surface area (Å²) in [4.78, 5) is 2.95. The Morgan fingerprint density at radius 2 is 1.93 bits per heavy atom. The van der Waals surface area contributed by atoms with Crippen molar-refractivity contribution >= 4 is 17.2 Å². The van der Waals surface area contributed by atoms with Crippen LogP contribution in [0.3, 0.4) is 0 Å². The Balaban J connectivity index is 3.18. The quantitative estimate of drug-likeness (QED) is 0.469. The summed E-state index contributed by atoms with van der Waals surface area (Å²) in [5.74, 6) is 0. The van der Waals surface area contributed by atoms with Crippen LogP contribution in [0.1, 0.15) is 25.7 Å². The van der Waals surface area contributed by atoms with Crippen LogP contribution in [0, 0.1) is 0 Å². The van der Waals surface area contributed by atoms with Crippen LogP contribution in [0.25, 0.3) is 0 Å². The number of ether oxygens (including phenoxy) is 1. The summed E-state index contributed by atoms with van der Waals surface area (Å²) >= 11 is 4.81. The van der Waals surface area contributed by atoms with E-state index >= 15 is 0 Å². The molecule has 0 aromatic carbocycles. The highest BCUT2D eigenvalue weighted by atomic mass is 32.1. The number of unbranched alkanes of at least 4 members (excludes halogenated alkanes) is 1. The zero-order valence-corrected chi connectivity index (χ0v) is 10.1. The van der Waals surface area contributed by atoms with Crippen molar-refractivity contribution in [3.63, 3.8) is 0 Å². The molecule has 0 heterocycles. The standard InChI is InChI=1S/C10H22N2OS/c1-12(8-5-9-13-2)7-4-3-6-10(11)14/h3-9H2,1-2H3,(H2,11,14). The van der Waals surface area contributed by atoms with Gasteiger partial charge in [0.2, 0.25) is 0 Å². The first-order valence-electron chi connectivity index (χ1n) is 5.12. The van der Waals surface area contributed by atoms with Gasteiger partial charge in [-0.2, -0.15) is 0 Å². The van der Waals surface area contributed by atoms with E-state index < -0.39 is 0 Å². The maximum Gasteiger partial charge on any atom is 0.0727 e. The van der Waals surface area contributed by atoms with Gasteiger partial charge in [0.1, 0.15) is 0 Å². The average molecular weight is 218 g/mol. The molecule has 14 heavy (non-hydrogen) atoms. The van der Waals surface area contributed by atoms with Gasteiger partial charge in [0.25, 0.3) is 0 Å². The number of hydrogen-bond acceptors (Lipinski definition) is 3. The van der Waals surface area contributed by atoms with Crippen molar-refractivity contribution in [2.45, 2.75) is 25.7 Å². The van der Waals surface area contributed by atoms with E-state index in [0.29, 0.717) is 4.99 Å². The van der Waals surface area contributed by atoms with Crippen LogP contribution in [0.2, 0.25) is 0 Å². The molecule has 0 saturated carbocycles. The molecule has 0 aromatic rings. The molecule has 84 valence electrons. The molecule has 2 N–H and O–H groups in total. The zero-order valence-electron chi connectivity index (χ0n) is 9.29. The summed E-state index contributed by atoms with van der Waals surface area (Å²) < 4.78 is 4.99. The highest BCUT2D eigenvalue weighted by Gasteiger charge is 1.98. The monoisotopic (exact) mass is 218 g/mol. The van der Waals surface area contributed by atoms with E-state index in [0.717, 1.165) is 39.0 Å². The summed E-state index contributed by atoms with van der Waals surface area (Å²) in [5.41, 5.74) is 5.41. The predicted molar refractivity (Wildman–Crippen MR) is 64.6 cm³/mol. The fraction of sp³-hybridized carbons (Fsp3) is 0.900. The van der Waals surface area contributed by atoms with E-state index in [-0.39, 0.29) is 0 Å². The smallest absolute Gasteiger partial charge is 0.0727 e. The van der Waals surface area contributed by atoms with Crippen molar-refractivity contribution in [2.75, 3.05) is 33.9 Å². The number of rotatable bonds is 9. The third kappa shape index (κ3) is 9.89. The molecule has 0 atom stereocenters. The molecule has 0 aromatic heterocycles. The zero-order chi connectivity index (χ0) is 10.8. The van der Waals surface area contributed by atoms with Crippen LogP contribution in [-0.2, 0) is 4.74 Å². The summed E-state index contributed by atoms with van der Waals surface area (Å²) in [5, 5.41) is 0. The number of thiocarbonyl (C=S) groups is 1. The highest BCUT2D eigenvalue weighted by Crippen LogP contribution is 1.98. The Morgan fingerprint density at radius 3 is 2.50 bits per heavy atom. The number of nitrogens with zero attached hydrogens (tertiary/aromatic N) is 1. The Kier molecular flexibility index (Phi) is 9.24. The molecule has 0 rings (SSSR count). The summed E-state index contributed by atoms with van der Waals surface area (Å²) in [6.07, 6.45) is 4.24. The predicted octanol–water partition coefficient (Wildman–Crippen LogP) is 1.41. The Labute approximate surface area is 92.6 Å². The normalized spacial score (nSPS) is 10.8. The summed E-state index contributed by atoms with van der Waals surface area (Å²) in [6.45, 7) is 3.06. The Bertz CT molecular complexity index is 153. The number of methoxy groups -OCH3 is 1. The van der Waals surface area contributed by atoms with Gasteiger partial charge in [0, 0.05) is 20.3 Å². The van der Waals surface area contributed by atoms with Crippen molar-refractivity contribution in [1.29, 1.82) is 0 Å². The molecule has 3 nitrogen and oxygen atoms in total. The minimum Gasteiger partial charge on any atom is -0.393 e. The maximum atomic E-state index is 5.41. The van der Waals surface area contributed by atoms with Crippen LogP contribution < -0.4 is 5.73 Å². The fourth-order valence-corrected chi connectivity index (χ4v) is 1.42. The van der Waals surface area contributed by atoms with Crippen molar-refractivity contribution < 1.29 is 4.74 Å². The van der Waals surface area contributed by atoms with E-state index in [9.17, 15) is 0 Å². The van der Waals surface area contributed by atoms with Crippen LogP contribution >= 0.6 is 12.2 Å². The summed E-state index contributed by atoms with van der Waals surface area (Å²) in [6, 6.07) is 0.